The molecule has 0 unspecified atom stereocenters. The molecule has 2 amide bonds. The molecular weight excluding hydrogens is 767 g/mol. The number of anilines is 2. The van der Waals surface area contributed by atoms with E-state index in [2.05, 4.69) is 35.5 Å². The summed E-state index contributed by atoms with van der Waals surface area (Å²) < 4.78 is 54.5. The van der Waals surface area contributed by atoms with Gasteiger partial charge in [-0.2, -0.15) is 10.2 Å². The lowest BCUT2D eigenvalue weighted by molar-refractivity contribution is 0.0944. The Balaban J connectivity index is 0.000000178. The van der Waals surface area contributed by atoms with Crippen molar-refractivity contribution >= 4 is 55.3 Å². The maximum Gasteiger partial charge on any atom is 0.252 e. The highest BCUT2D eigenvalue weighted by atomic mass is 32.2. The Morgan fingerprint density at radius 2 is 1.09 bits per heavy atom. The number of halogens is 2. The SMILES string of the molecule is CS(=O)(=O)Nc1ccc(CNC(=O)c2cccc3c2cnn3-c2ccc(F)cc2)cn1.Nc1ccc(CNC(=O)c2cccc3c2cnn3-c2ccc(F)cc2)cn1. The van der Waals surface area contributed by atoms with Crippen LogP contribution in [0.15, 0.2) is 134 Å². The molecule has 8 rings (SSSR count). The van der Waals surface area contributed by atoms with Gasteiger partial charge in [0.15, 0.2) is 0 Å². The van der Waals surface area contributed by atoms with E-state index in [9.17, 15) is 26.8 Å². The third-order valence-corrected chi connectivity index (χ3v) is 9.31. The van der Waals surface area contributed by atoms with E-state index in [0.717, 1.165) is 33.9 Å². The molecule has 14 nitrogen and oxygen atoms in total. The summed E-state index contributed by atoms with van der Waals surface area (Å²) in [7, 11) is -3.40. The van der Waals surface area contributed by atoms with Gasteiger partial charge in [-0.1, -0.05) is 24.3 Å². The van der Waals surface area contributed by atoms with Crippen LogP contribution in [0.5, 0.6) is 0 Å². The minimum Gasteiger partial charge on any atom is -0.384 e. The molecule has 0 saturated carbocycles. The lowest BCUT2D eigenvalue weighted by Crippen LogP contribution is -2.23. The molecule has 0 aliphatic rings. The Bertz CT molecular complexity index is 2850. The van der Waals surface area contributed by atoms with Crippen LogP contribution in [0.25, 0.3) is 33.2 Å². The molecule has 0 radical (unpaired) electrons. The average Bonchev–Trinajstić information content (AvgIpc) is 3.86. The number of nitrogens with one attached hydrogen (secondary N) is 3. The molecule has 0 bridgehead atoms. The molecule has 17 heteroatoms. The Hall–Kier alpha value is -7.53. The average molecular weight is 801 g/mol. The first-order valence-electron chi connectivity index (χ1n) is 17.6. The summed E-state index contributed by atoms with van der Waals surface area (Å²) >= 11 is 0. The van der Waals surface area contributed by atoms with Gasteiger partial charge < -0.3 is 16.4 Å². The van der Waals surface area contributed by atoms with Crippen LogP contribution in [0.4, 0.5) is 20.4 Å². The van der Waals surface area contributed by atoms with Crippen LogP contribution in [-0.4, -0.2) is 56.0 Å². The van der Waals surface area contributed by atoms with Crippen LogP contribution in [-0.2, 0) is 23.1 Å². The lowest BCUT2D eigenvalue weighted by Gasteiger charge is -2.08. The lowest BCUT2D eigenvalue weighted by atomic mass is 10.1. The molecule has 0 fully saturated rings. The van der Waals surface area contributed by atoms with Gasteiger partial charge in [0.1, 0.15) is 23.3 Å². The largest absolute Gasteiger partial charge is 0.384 e. The van der Waals surface area contributed by atoms with Crippen molar-refractivity contribution in [1.29, 1.82) is 0 Å². The number of nitrogens with two attached hydrogens (primary N) is 1. The maximum absolute atomic E-state index is 13.2. The number of hydrogen-bond donors (Lipinski definition) is 4. The summed E-state index contributed by atoms with van der Waals surface area (Å²) in [6.07, 6.45) is 7.39. The molecule has 0 atom stereocenters. The number of nitrogen functional groups attached to an aromatic ring is 1. The normalized spacial score (nSPS) is 11.2. The molecule has 0 aliphatic carbocycles. The molecule has 5 N–H and O–H groups in total. The highest BCUT2D eigenvalue weighted by molar-refractivity contribution is 7.92. The highest BCUT2D eigenvalue weighted by Gasteiger charge is 2.16. The predicted molar refractivity (Wildman–Crippen MR) is 216 cm³/mol. The highest BCUT2D eigenvalue weighted by Crippen LogP contribution is 2.24. The third kappa shape index (κ3) is 9.11. The van der Waals surface area contributed by atoms with Gasteiger partial charge in [-0.05, 0) is 96.1 Å². The topological polar surface area (TPSA) is 192 Å². The number of nitrogens with zero attached hydrogens (tertiary/aromatic N) is 6. The minimum absolute atomic E-state index is 0.204. The maximum atomic E-state index is 13.2. The number of carbonyl (C=O) groups excluding carboxylic acids is 2. The van der Waals surface area contributed by atoms with Crippen molar-refractivity contribution in [3.05, 3.63) is 168 Å². The van der Waals surface area contributed by atoms with Gasteiger partial charge >= 0.3 is 0 Å². The summed E-state index contributed by atoms with van der Waals surface area (Å²) in [4.78, 5) is 33.4. The van der Waals surface area contributed by atoms with Crippen LogP contribution >= 0.6 is 0 Å². The molecule has 292 valence electrons. The third-order valence-electron chi connectivity index (χ3n) is 8.73. The van der Waals surface area contributed by atoms with Crippen LogP contribution in [0.2, 0.25) is 0 Å². The zero-order valence-corrected chi connectivity index (χ0v) is 31.5. The Morgan fingerprint density at radius 1 is 0.621 bits per heavy atom. The van der Waals surface area contributed by atoms with Gasteiger partial charge in [0.25, 0.3) is 11.8 Å². The van der Waals surface area contributed by atoms with Crippen LogP contribution < -0.4 is 21.1 Å². The number of pyridine rings is 2. The fourth-order valence-electron chi connectivity index (χ4n) is 5.95. The van der Waals surface area contributed by atoms with Gasteiger partial charge in [0.05, 0.1) is 52.2 Å². The number of rotatable bonds is 10. The van der Waals surface area contributed by atoms with Crippen LogP contribution in [0.1, 0.15) is 31.8 Å². The Kier molecular flexibility index (Phi) is 11.1. The molecule has 58 heavy (non-hydrogen) atoms. The molecule has 0 spiro atoms. The summed E-state index contributed by atoms with van der Waals surface area (Å²) in [6, 6.07) is 29.4. The van der Waals surface area contributed by atoms with Gasteiger partial charge in [-0.25, -0.2) is 36.5 Å². The van der Waals surface area contributed by atoms with Crippen molar-refractivity contribution in [2.24, 2.45) is 0 Å². The van der Waals surface area contributed by atoms with Gasteiger partial charge in [-0.3, -0.25) is 14.3 Å². The second-order valence-electron chi connectivity index (χ2n) is 12.9. The molecule has 4 aromatic carbocycles. The number of amides is 2. The van der Waals surface area contributed by atoms with Crippen molar-refractivity contribution in [2.45, 2.75) is 13.1 Å². The van der Waals surface area contributed by atoms with E-state index in [-0.39, 0.29) is 35.8 Å². The number of fused-ring (bicyclic) bond motifs is 2. The smallest absolute Gasteiger partial charge is 0.252 e. The first-order chi connectivity index (χ1) is 27.9. The Labute approximate surface area is 330 Å². The second-order valence-corrected chi connectivity index (χ2v) is 14.7. The second kappa shape index (κ2) is 16.7. The van der Waals surface area contributed by atoms with Crippen LogP contribution in [0.3, 0.4) is 0 Å². The molecule has 0 saturated heterocycles. The van der Waals surface area contributed by atoms with E-state index in [1.165, 1.54) is 36.5 Å². The summed E-state index contributed by atoms with van der Waals surface area (Å²) in [5.74, 6) is -0.514. The summed E-state index contributed by atoms with van der Waals surface area (Å²) in [5.41, 5.74) is 11.0. The van der Waals surface area contributed by atoms with E-state index in [0.29, 0.717) is 40.1 Å². The molecule has 0 aliphatic heterocycles. The van der Waals surface area contributed by atoms with Gasteiger partial charge in [0, 0.05) is 36.3 Å². The number of hydrogen-bond acceptors (Lipinski definition) is 9. The van der Waals surface area contributed by atoms with Crippen molar-refractivity contribution in [3.63, 3.8) is 0 Å². The summed E-state index contributed by atoms with van der Waals surface area (Å²) in [5, 5.41) is 15.8. The fraction of sp³-hybridized carbons (Fsp3) is 0.0732. The predicted octanol–water partition coefficient (Wildman–Crippen LogP) is 5.93. The van der Waals surface area contributed by atoms with E-state index >= 15 is 0 Å². The summed E-state index contributed by atoms with van der Waals surface area (Å²) in [6.45, 7) is 0.558. The van der Waals surface area contributed by atoms with E-state index < -0.39 is 10.0 Å². The number of aromatic nitrogens is 6. The molecule has 4 heterocycles. The molecular formula is C41H34F2N10O4S. The van der Waals surface area contributed by atoms with E-state index in [1.54, 1.807) is 88.6 Å². The molecule has 8 aromatic rings. The van der Waals surface area contributed by atoms with Gasteiger partial charge in [-0.15, -0.1) is 0 Å². The fourth-order valence-corrected chi connectivity index (χ4v) is 6.45. The molecule has 4 aromatic heterocycles. The Morgan fingerprint density at radius 3 is 1.50 bits per heavy atom. The zero-order valence-electron chi connectivity index (χ0n) is 30.7. The monoisotopic (exact) mass is 800 g/mol. The van der Waals surface area contributed by atoms with Crippen molar-refractivity contribution in [3.8, 4) is 11.4 Å². The number of carbonyl (C=O) groups is 2. The standard InChI is InChI=1S/C21H18FN5O3S.C20H16FN5O/c1-31(29,30)26-20-10-5-14(11-23-20)12-24-21(28)17-3-2-4-19-18(17)13-25-27(19)16-8-6-15(22)7-9-16;21-14-5-7-15(8-6-14)26-18-3-1-2-16(17(18)12-25-26)20(27)24-11-13-4-9-19(22)23-10-13/h2-11,13H,12H2,1H3,(H,23,26)(H,24,28);1-10,12H,11H2,(H2,22,23)(H,24,27). The minimum atomic E-state index is -3.40. The van der Waals surface area contributed by atoms with Gasteiger partial charge in [0.2, 0.25) is 10.0 Å². The van der Waals surface area contributed by atoms with E-state index in [1.807, 2.05) is 18.2 Å². The quantitative estimate of drug-likeness (QED) is 0.130. The van der Waals surface area contributed by atoms with Crippen molar-refractivity contribution in [2.75, 3.05) is 16.7 Å². The van der Waals surface area contributed by atoms with Crippen molar-refractivity contribution in [1.82, 2.24) is 40.2 Å². The number of sulfonamides is 1. The first-order valence-corrected chi connectivity index (χ1v) is 19.5. The van der Waals surface area contributed by atoms with Crippen LogP contribution in [0, 0.1) is 11.6 Å². The van der Waals surface area contributed by atoms with Crippen molar-refractivity contribution < 1.29 is 26.8 Å². The number of benzene rings is 4. The first kappa shape index (κ1) is 38.7. The van der Waals surface area contributed by atoms with E-state index in [4.69, 9.17) is 5.73 Å². The zero-order chi connectivity index (χ0) is 40.8.